The molecule has 3 rings (SSSR count). The van der Waals surface area contributed by atoms with Crippen LogP contribution in [0.3, 0.4) is 0 Å². The molecule has 7 nitrogen and oxygen atoms in total. The monoisotopic (exact) mass is 296 g/mol. The van der Waals surface area contributed by atoms with E-state index in [4.69, 9.17) is 5.26 Å². The normalized spacial score (nSPS) is 15.2. The predicted octanol–water partition coefficient (Wildman–Crippen LogP) is 1.60. The lowest BCUT2D eigenvalue weighted by Gasteiger charge is -2.22. The zero-order valence-corrected chi connectivity index (χ0v) is 12.1. The Kier molecular flexibility index (Phi) is 4.10. The van der Waals surface area contributed by atoms with E-state index in [9.17, 15) is 4.79 Å². The number of carbonyl (C=O) groups excluding carboxylic acids is 1. The van der Waals surface area contributed by atoms with E-state index < -0.39 is 0 Å². The number of hydrogen-bond acceptors (Lipinski definition) is 5. The molecule has 1 saturated carbocycles. The summed E-state index contributed by atoms with van der Waals surface area (Å²) in [7, 11) is 0. The lowest BCUT2D eigenvalue weighted by molar-refractivity contribution is 0.0922. The van der Waals surface area contributed by atoms with Crippen LogP contribution in [0.15, 0.2) is 24.8 Å². The molecule has 2 aromatic heterocycles. The molecule has 0 aromatic carbocycles. The maximum atomic E-state index is 12.4. The molecule has 7 heteroatoms. The lowest BCUT2D eigenvalue weighted by Crippen LogP contribution is -2.36. The molecule has 0 aliphatic heterocycles. The third-order valence-corrected chi connectivity index (χ3v) is 3.74. The van der Waals surface area contributed by atoms with Crippen LogP contribution < -0.4 is 5.32 Å². The SMILES string of the molecule is N#Cc1cc(C(=O)NC2CCCCC2)nc(-n2ccnc2)n1. The Morgan fingerprint density at radius 1 is 1.32 bits per heavy atom. The lowest BCUT2D eigenvalue weighted by atomic mass is 9.95. The van der Waals surface area contributed by atoms with Gasteiger partial charge in [-0.2, -0.15) is 5.26 Å². The summed E-state index contributed by atoms with van der Waals surface area (Å²) in [6, 6.07) is 3.57. The molecule has 1 aliphatic rings. The Hall–Kier alpha value is -2.75. The zero-order valence-electron chi connectivity index (χ0n) is 12.1. The molecule has 0 saturated heterocycles. The number of aromatic nitrogens is 4. The summed E-state index contributed by atoms with van der Waals surface area (Å²) in [5, 5.41) is 12.1. The molecule has 22 heavy (non-hydrogen) atoms. The van der Waals surface area contributed by atoms with Crippen LogP contribution in [-0.2, 0) is 0 Å². The highest BCUT2D eigenvalue weighted by Gasteiger charge is 2.19. The van der Waals surface area contributed by atoms with E-state index in [0.717, 1.165) is 25.7 Å². The Morgan fingerprint density at radius 3 is 2.82 bits per heavy atom. The Morgan fingerprint density at radius 2 is 2.14 bits per heavy atom. The van der Waals surface area contributed by atoms with Crippen molar-refractivity contribution in [1.82, 2.24) is 24.8 Å². The minimum Gasteiger partial charge on any atom is -0.348 e. The summed E-state index contributed by atoms with van der Waals surface area (Å²) in [5.41, 5.74) is 0.369. The number of rotatable bonds is 3. The largest absolute Gasteiger partial charge is 0.348 e. The van der Waals surface area contributed by atoms with Gasteiger partial charge >= 0.3 is 0 Å². The summed E-state index contributed by atoms with van der Waals surface area (Å²) >= 11 is 0. The van der Waals surface area contributed by atoms with Crippen molar-refractivity contribution in [2.24, 2.45) is 0 Å². The highest BCUT2D eigenvalue weighted by Crippen LogP contribution is 2.17. The average molecular weight is 296 g/mol. The van der Waals surface area contributed by atoms with E-state index in [-0.39, 0.29) is 29.3 Å². The number of nitrogens with one attached hydrogen (secondary N) is 1. The van der Waals surface area contributed by atoms with Crippen LogP contribution in [0.2, 0.25) is 0 Å². The summed E-state index contributed by atoms with van der Waals surface area (Å²) in [6.45, 7) is 0. The fourth-order valence-electron chi connectivity index (χ4n) is 2.61. The van der Waals surface area contributed by atoms with Crippen molar-refractivity contribution < 1.29 is 4.79 Å². The van der Waals surface area contributed by atoms with Crippen molar-refractivity contribution in [3.8, 4) is 12.0 Å². The first-order chi connectivity index (χ1) is 10.8. The summed E-state index contributed by atoms with van der Waals surface area (Å²) in [4.78, 5) is 24.6. The van der Waals surface area contributed by atoms with E-state index in [1.807, 2.05) is 6.07 Å². The van der Waals surface area contributed by atoms with Gasteiger partial charge in [-0.3, -0.25) is 9.36 Å². The topological polar surface area (TPSA) is 96.5 Å². The fraction of sp³-hybridized carbons (Fsp3) is 0.400. The van der Waals surface area contributed by atoms with Crippen LogP contribution in [0.1, 0.15) is 48.3 Å². The van der Waals surface area contributed by atoms with Crippen LogP contribution in [0, 0.1) is 11.3 Å². The molecule has 0 atom stereocenters. The Labute approximate surface area is 128 Å². The first-order valence-corrected chi connectivity index (χ1v) is 7.34. The smallest absolute Gasteiger partial charge is 0.270 e. The second-order valence-corrected chi connectivity index (χ2v) is 5.33. The fourth-order valence-corrected chi connectivity index (χ4v) is 2.61. The van der Waals surface area contributed by atoms with Crippen molar-refractivity contribution in [2.75, 3.05) is 0 Å². The zero-order chi connectivity index (χ0) is 15.4. The van der Waals surface area contributed by atoms with Crippen molar-refractivity contribution in [3.63, 3.8) is 0 Å². The maximum Gasteiger partial charge on any atom is 0.270 e. The van der Waals surface area contributed by atoms with Crippen LogP contribution in [0.5, 0.6) is 0 Å². The van der Waals surface area contributed by atoms with Crippen LogP contribution in [0.4, 0.5) is 0 Å². The molecule has 1 aliphatic carbocycles. The van der Waals surface area contributed by atoms with Gasteiger partial charge < -0.3 is 5.32 Å². The minimum absolute atomic E-state index is 0.160. The van der Waals surface area contributed by atoms with Gasteiger partial charge in [0, 0.05) is 24.5 Å². The Bertz CT molecular complexity index is 697. The van der Waals surface area contributed by atoms with Gasteiger partial charge in [-0.15, -0.1) is 0 Å². The van der Waals surface area contributed by atoms with E-state index in [1.165, 1.54) is 18.8 Å². The van der Waals surface area contributed by atoms with Gasteiger partial charge in [0.15, 0.2) is 0 Å². The maximum absolute atomic E-state index is 12.4. The van der Waals surface area contributed by atoms with E-state index in [2.05, 4.69) is 20.3 Å². The summed E-state index contributed by atoms with van der Waals surface area (Å²) < 4.78 is 1.57. The quantitative estimate of drug-likeness (QED) is 0.927. The third kappa shape index (κ3) is 3.11. The van der Waals surface area contributed by atoms with Crippen molar-refractivity contribution >= 4 is 5.91 Å². The molecule has 0 bridgehead atoms. The molecule has 1 amide bonds. The van der Waals surface area contributed by atoms with Gasteiger partial charge in [0.25, 0.3) is 5.91 Å². The predicted molar refractivity (Wildman–Crippen MR) is 78.2 cm³/mol. The molecule has 112 valence electrons. The third-order valence-electron chi connectivity index (χ3n) is 3.74. The summed E-state index contributed by atoms with van der Waals surface area (Å²) in [5.74, 6) is 0.0116. The number of hydrogen-bond donors (Lipinski definition) is 1. The summed E-state index contributed by atoms with van der Waals surface area (Å²) in [6.07, 6.45) is 10.3. The van der Waals surface area contributed by atoms with Crippen molar-refractivity contribution in [2.45, 2.75) is 38.1 Å². The molecular weight excluding hydrogens is 280 g/mol. The molecule has 2 heterocycles. The number of imidazole rings is 1. The van der Waals surface area contributed by atoms with Gasteiger partial charge in [0.1, 0.15) is 23.8 Å². The number of nitriles is 1. The number of carbonyl (C=O) groups is 1. The van der Waals surface area contributed by atoms with Crippen LogP contribution >= 0.6 is 0 Å². The Balaban J connectivity index is 1.84. The first kappa shape index (κ1) is 14.2. The molecule has 0 spiro atoms. The van der Waals surface area contributed by atoms with E-state index in [0.29, 0.717) is 0 Å². The van der Waals surface area contributed by atoms with Gasteiger partial charge in [-0.1, -0.05) is 19.3 Å². The van der Waals surface area contributed by atoms with Gasteiger partial charge in [0.05, 0.1) is 0 Å². The van der Waals surface area contributed by atoms with Crippen LogP contribution in [0.25, 0.3) is 5.95 Å². The highest BCUT2D eigenvalue weighted by molar-refractivity contribution is 5.92. The van der Waals surface area contributed by atoms with Crippen LogP contribution in [-0.4, -0.2) is 31.5 Å². The van der Waals surface area contributed by atoms with Gasteiger partial charge in [0.2, 0.25) is 5.95 Å². The minimum atomic E-state index is -0.257. The van der Waals surface area contributed by atoms with Gasteiger partial charge in [-0.05, 0) is 12.8 Å². The average Bonchev–Trinajstić information content (AvgIpc) is 3.10. The molecular formula is C15H16N6O. The van der Waals surface area contributed by atoms with E-state index in [1.54, 1.807) is 17.0 Å². The second-order valence-electron chi connectivity index (χ2n) is 5.33. The first-order valence-electron chi connectivity index (χ1n) is 7.34. The number of amides is 1. The molecule has 2 aromatic rings. The van der Waals surface area contributed by atoms with Crippen molar-refractivity contribution in [3.05, 3.63) is 36.2 Å². The highest BCUT2D eigenvalue weighted by atomic mass is 16.1. The standard InChI is InChI=1S/C15H16N6O/c16-9-12-8-13(14(22)18-11-4-2-1-3-5-11)20-15(19-12)21-7-6-17-10-21/h6-8,10-11H,1-5H2,(H,18,22). The molecule has 1 fully saturated rings. The second kappa shape index (κ2) is 6.35. The van der Waals surface area contributed by atoms with Crippen molar-refractivity contribution in [1.29, 1.82) is 5.26 Å². The molecule has 1 N–H and O–H groups in total. The molecule has 0 unspecified atom stereocenters. The van der Waals surface area contributed by atoms with E-state index >= 15 is 0 Å². The number of nitrogens with zero attached hydrogens (tertiary/aromatic N) is 5. The molecule has 0 radical (unpaired) electrons. The van der Waals surface area contributed by atoms with Gasteiger partial charge in [-0.25, -0.2) is 15.0 Å².